The molecule has 0 spiro atoms. The van der Waals surface area contributed by atoms with Crippen LogP contribution in [0.4, 0.5) is 0 Å². The average molecular weight is 491 g/mol. The third-order valence-electron chi connectivity index (χ3n) is 6.58. The van der Waals surface area contributed by atoms with Gasteiger partial charge in [-0.15, -0.1) is 0 Å². The Balaban J connectivity index is 1.48. The minimum absolute atomic E-state index is 0.115. The van der Waals surface area contributed by atoms with E-state index >= 15 is 0 Å². The fourth-order valence-corrected chi connectivity index (χ4v) is 4.75. The SMILES string of the molecule is CC(=C\C(=O)OC(c1ccccc1)c1ccccc1)/C=C(\C)C[C@H](C)CCCC[C@H]1OC(=O)[C@@H]1CO. The lowest BCUT2D eigenvalue weighted by Crippen LogP contribution is -2.47. The van der Waals surface area contributed by atoms with Gasteiger partial charge < -0.3 is 14.6 Å². The van der Waals surface area contributed by atoms with Crippen molar-refractivity contribution in [3.05, 3.63) is 95.1 Å². The normalized spacial score (nSPS) is 19.0. The van der Waals surface area contributed by atoms with E-state index in [1.165, 1.54) is 5.57 Å². The van der Waals surface area contributed by atoms with Crippen LogP contribution in [0.2, 0.25) is 0 Å². The van der Waals surface area contributed by atoms with Gasteiger partial charge in [-0.05, 0) is 55.7 Å². The van der Waals surface area contributed by atoms with Crippen LogP contribution in [0.1, 0.15) is 70.1 Å². The van der Waals surface area contributed by atoms with Crippen LogP contribution in [-0.2, 0) is 19.1 Å². The largest absolute Gasteiger partial charge is 0.461 e. The molecular formula is C31H38O5. The smallest absolute Gasteiger partial charge is 0.331 e. The molecule has 1 aliphatic heterocycles. The van der Waals surface area contributed by atoms with E-state index in [-0.39, 0.29) is 30.6 Å². The van der Waals surface area contributed by atoms with E-state index in [1.807, 2.05) is 67.6 Å². The monoisotopic (exact) mass is 490 g/mol. The zero-order valence-corrected chi connectivity index (χ0v) is 21.6. The molecule has 3 rings (SSSR count). The topological polar surface area (TPSA) is 72.8 Å². The van der Waals surface area contributed by atoms with Gasteiger partial charge in [0, 0.05) is 6.08 Å². The average Bonchev–Trinajstić information content (AvgIpc) is 2.85. The summed E-state index contributed by atoms with van der Waals surface area (Å²) in [5.74, 6) is -0.455. The summed E-state index contributed by atoms with van der Waals surface area (Å²) >= 11 is 0. The number of cyclic esters (lactones) is 1. The molecule has 2 aromatic carbocycles. The van der Waals surface area contributed by atoms with Gasteiger partial charge in [0.2, 0.25) is 0 Å². The maximum Gasteiger partial charge on any atom is 0.331 e. The van der Waals surface area contributed by atoms with Crippen molar-refractivity contribution in [2.45, 2.75) is 65.1 Å². The molecule has 0 amide bonds. The molecule has 36 heavy (non-hydrogen) atoms. The van der Waals surface area contributed by atoms with Gasteiger partial charge in [0.15, 0.2) is 6.10 Å². The van der Waals surface area contributed by atoms with Crippen LogP contribution >= 0.6 is 0 Å². The lowest BCUT2D eigenvalue weighted by molar-refractivity contribution is -0.189. The fourth-order valence-electron chi connectivity index (χ4n) is 4.75. The first-order chi connectivity index (χ1) is 17.4. The molecule has 1 saturated heterocycles. The van der Waals surface area contributed by atoms with E-state index in [0.29, 0.717) is 5.92 Å². The molecule has 0 aliphatic carbocycles. The molecule has 5 heteroatoms. The van der Waals surface area contributed by atoms with E-state index < -0.39 is 6.10 Å². The summed E-state index contributed by atoms with van der Waals surface area (Å²) in [7, 11) is 0. The number of rotatable bonds is 13. The number of hydrogen-bond acceptors (Lipinski definition) is 5. The van der Waals surface area contributed by atoms with E-state index in [0.717, 1.165) is 48.8 Å². The first-order valence-electron chi connectivity index (χ1n) is 12.8. The number of allylic oxidation sites excluding steroid dienone is 3. The zero-order chi connectivity index (χ0) is 25.9. The van der Waals surface area contributed by atoms with Crippen molar-refractivity contribution in [2.24, 2.45) is 11.8 Å². The quantitative estimate of drug-likeness (QED) is 0.154. The molecule has 0 radical (unpaired) electrons. The summed E-state index contributed by atoms with van der Waals surface area (Å²) in [6.07, 6.45) is 7.93. The highest BCUT2D eigenvalue weighted by atomic mass is 16.6. The van der Waals surface area contributed by atoms with Gasteiger partial charge in [0.05, 0.1) is 6.61 Å². The van der Waals surface area contributed by atoms with Gasteiger partial charge in [0.1, 0.15) is 12.0 Å². The number of benzene rings is 2. The molecule has 192 valence electrons. The summed E-state index contributed by atoms with van der Waals surface area (Å²) in [6.45, 7) is 6.13. The van der Waals surface area contributed by atoms with Crippen LogP contribution in [-0.4, -0.2) is 29.8 Å². The van der Waals surface area contributed by atoms with Gasteiger partial charge in [-0.25, -0.2) is 4.79 Å². The number of aliphatic hydroxyl groups excluding tert-OH is 1. The number of carbonyl (C=O) groups is 2. The van der Waals surface area contributed by atoms with E-state index in [4.69, 9.17) is 9.47 Å². The van der Waals surface area contributed by atoms with E-state index in [1.54, 1.807) is 6.08 Å². The lowest BCUT2D eigenvalue weighted by atomic mass is 9.91. The third-order valence-corrected chi connectivity index (χ3v) is 6.58. The van der Waals surface area contributed by atoms with Gasteiger partial charge in [-0.2, -0.15) is 0 Å². The van der Waals surface area contributed by atoms with Crippen molar-refractivity contribution in [2.75, 3.05) is 6.61 Å². The van der Waals surface area contributed by atoms with Crippen LogP contribution in [0.15, 0.2) is 84.0 Å². The van der Waals surface area contributed by atoms with Crippen molar-refractivity contribution < 1.29 is 24.2 Å². The highest BCUT2D eigenvalue weighted by Crippen LogP contribution is 2.28. The molecule has 5 nitrogen and oxygen atoms in total. The predicted molar refractivity (Wildman–Crippen MR) is 141 cm³/mol. The fraction of sp³-hybridized carbons (Fsp3) is 0.419. The Morgan fingerprint density at radius 1 is 1.00 bits per heavy atom. The molecule has 0 aromatic heterocycles. The number of carbonyl (C=O) groups excluding carboxylic acids is 2. The molecule has 1 N–H and O–H groups in total. The van der Waals surface area contributed by atoms with Crippen molar-refractivity contribution in [3.8, 4) is 0 Å². The van der Waals surface area contributed by atoms with E-state index in [2.05, 4.69) is 19.9 Å². The van der Waals surface area contributed by atoms with Crippen molar-refractivity contribution in [3.63, 3.8) is 0 Å². The summed E-state index contributed by atoms with van der Waals surface area (Å²) in [4.78, 5) is 24.0. The minimum Gasteiger partial charge on any atom is -0.461 e. The molecule has 1 heterocycles. The van der Waals surface area contributed by atoms with E-state index in [9.17, 15) is 14.7 Å². The molecule has 0 saturated carbocycles. The molecule has 2 aromatic rings. The number of ether oxygens (including phenoxy) is 2. The second kappa shape index (κ2) is 13.8. The zero-order valence-electron chi connectivity index (χ0n) is 21.6. The van der Waals surface area contributed by atoms with Crippen molar-refractivity contribution >= 4 is 11.9 Å². The summed E-state index contributed by atoms with van der Waals surface area (Å²) in [5, 5.41) is 9.20. The standard InChI is InChI=1S/C31H38O5/c1-22(12-10-11-17-28-27(21-32)31(34)35-28)18-23(2)19-24(3)20-29(33)36-30(25-13-6-4-7-14-25)26-15-8-5-9-16-26/h4-9,13-16,19-20,22,27-28,30,32H,10-12,17-18,21H2,1-3H3/b23-19+,24-20+/t22-,27-,28-/m1/s1. The van der Waals surface area contributed by atoms with Crippen LogP contribution in [0.25, 0.3) is 0 Å². The van der Waals surface area contributed by atoms with Gasteiger partial charge in [0.25, 0.3) is 0 Å². The van der Waals surface area contributed by atoms with Gasteiger partial charge in [-0.3, -0.25) is 4.79 Å². The summed E-state index contributed by atoms with van der Waals surface area (Å²) < 4.78 is 11.0. The lowest BCUT2D eigenvalue weighted by Gasteiger charge is -2.33. The Kier molecular flexibility index (Phi) is 10.5. The Hall–Kier alpha value is -3.18. The highest BCUT2D eigenvalue weighted by molar-refractivity contribution is 5.83. The molecule has 1 fully saturated rings. The van der Waals surface area contributed by atoms with Gasteiger partial charge in [-0.1, -0.05) is 92.1 Å². The number of unbranched alkanes of at least 4 members (excludes halogenated alkanes) is 1. The summed E-state index contributed by atoms with van der Waals surface area (Å²) in [6, 6.07) is 19.6. The second-order valence-electron chi connectivity index (χ2n) is 9.88. The molecule has 0 bridgehead atoms. The Morgan fingerprint density at radius 3 is 2.17 bits per heavy atom. The van der Waals surface area contributed by atoms with Crippen LogP contribution in [0.5, 0.6) is 0 Å². The molecule has 3 atom stereocenters. The van der Waals surface area contributed by atoms with Crippen LogP contribution in [0, 0.1) is 11.8 Å². The van der Waals surface area contributed by atoms with Crippen molar-refractivity contribution in [1.82, 2.24) is 0 Å². The Bertz CT molecular complexity index is 1000. The van der Waals surface area contributed by atoms with Crippen molar-refractivity contribution in [1.29, 1.82) is 0 Å². The predicted octanol–water partition coefficient (Wildman–Crippen LogP) is 6.33. The maximum atomic E-state index is 12.8. The Labute approximate surface area is 214 Å². The number of hydrogen-bond donors (Lipinski definition) is 1. The van der Waals surface area contributed by atoms with Gasteiger partial charge >= 0.3 is 11.9 Å². The maximum absolute atomic E-state index is 12.8. The Morgan fingerprint density at radius 2 is 1.61 bits per heavy atom. The number of esters is 2. The second-order valence-corrected chi connectivity index (χ2v) is 9.88. The minimum atomic E-state index is -0.454. The molecule has 0 unspecified atom stereocenters. The number of aliphatic hydroxyl groups is 1. The first-order valence-corrected chi connectivity index (χ1v) is 12.8. The van der Waals surface area contributed by atoms with Crippen LogP contribution < -0.4 is 0 Å². The first kappa shape index (κ1) is 27.4. The van der Waals surface area contributed by atoms with Crippen LogP contribution in [0.3, 0.4) is 0 Å². The molecular weight excluding hydrogens is 452 g/mol. The third kappa shape index (κ3) is 8.20. The highest BCUT2D eigenvalue weighted by Gasteiger charge is 2.41. The molecule has 1 aliphatic rings. The summed E-state index contributed by atoms with van der Waals surface area (Å²) in [5.41, 5.74) is 3.96.